The number of halogens is 3. The van der Waals surface area contributed by atoms with Gasteiger partial charge in [0.25, 0.3) is 0 Å². The molecule has 0 saturated heterocycles. The molecule has 1 heterocycles. The van der Waals surface area contributed by atoms with Gasteiger partial charge in [0.15, 0.2) is 5.82 Å². The summed E-state index contributed by atoms with van der Waals surface area (Å²) < 4.78 is 18.6. The minimum absolute atomic E-state index is 0.0793. The van der Waals surface area contributed by atoms with Crippen LogP contribution in [0.15, 0.2) is 16.5 Å². The lowest BCUT2D eigenvalue weighted by molar-refractivity contribution is 0.479. The van der Waals surface area contributed by atoms with Crippen molar-refractivity contribution >= 4 is 34.9 Å². The van der Waals surface area contributed by atoms with Crippen molar-refractivity contribution in [1.29, 1.82) is 0 Å². The van der Waals surface area contributed by atoms with Gasteiger partial charge in [0.05, 0.1) is 16.6 Å². The summed E-state index contributed by atoms with van der Waals surface area (Å²) in [6.45, 7) is 3.43. The Kier molecular flexibility index (Phi) is 5.17. The Morgan fingerprint density at radius 1 is 1.25 bits per heavy atom. The van der Waals surface area contributed by atoms with Crippen molar-refractivity contribution in [3.05, 3.63) is 33.9 Å². The average molecular weight is 319 g/mol. The van der Waals surface area contributed by atoms with E-state index in [1.165, 1.54) is 12.1 Å². The molecule has 1 aromatic heterocycles. The van der Waals surface area contributed by atoms with Crippen molar-refractivity contribution in [3.63, 3.8) is 0 Å². The van der Waals surface area contributed by atoms with Gasteiger partial charge in [-0.15, -0.1) is 5.10 Å². The maximum Gasteiger partial charge on any atom is 0.320 e. The number of aromatic nitrogens is 2. The highest BCUT2D eigenvalue weighted by atomic mass is 35.5. The molecule has 0 unspecified atom stereocenters. The van der Waals surface area contributed by atoms with Gasteiger partial charge >= 0.3 is 6.01 Å². The van der Waals surface area contributed by atoms with Crippen molar-refractivity contribution in [2.45, 2.75) is 19.9 Å². The second kappa shape index (κ2) is 6.88. The van der Waals surface area contributed by atoms with Crippen LogP contribution < -0.4 is 10.6 Å². The SMILES string of the molecule is CCCNCc1nnc(Nc2cc(Cl)c(F)c(Cl)c2)o1. The second-order valence-electron chi connectivity index (χ2n) is 4.06. The molecule has 108 valence electrons. The lowest BCUT2D eigenvalue weighted by Gasteiger charge is -2.04. The van der Waals surface area contributed by atoms with E-state index in [1.54, 1.807) is 0 Å². The van der Waals surface area contributed by atoms with Crippen LogP contribution in [0.2, 0.25) is 10.0 Å². The fourth-order valence-electron chi connectivity index (χ4n) is 1.50. The monoisotopic (exact) mass is 318 g/mol. The van der Waals surface area contributed by atoms with E-state index in [1.807, 2.05) is 0 Å². The van der Waals surface area contributed by atoms with Crippen LogP contribution in [-0.4, -0.2) is 16.7 Å². The predicted octanol–water partition coefficient (Wildman–Crippen LogP) is 3.76. The van der Waals surface area contributed by atoms with Crippen LogP contribution in [0, 0.1) is 5.82 Å². The number of hydrogen-bond donors (Lipinski definition) is 2. The summed E-state index contributed by atoms with van der Waals surface area (Å²) in [6.07, 6.45) is 1.02. The van der Waals surface area contributed by atoms with Gasteiger partial charge in [0, 0.05) is 5.69 Å². The van der Waals surface area contributed by atoms with Crippen molar-refractivity contribution < 1.29 is 8.81 Å². The molecule has 0 saturated carbocycles. The topological polar surface area (TPSA) is 63.0 Å². The van der Waals surface area contributed by atoms with Crippen LogP contribution in [0.3, 0.4) is 0 Å². The zero-order valence-corrected chi connectivity index (χ0v) is 12.2. The van der Waals surface area contributed by atoms with E-state index in [0.717, 1.165) is 13.0 Å². The number of hydrogen-bond acceptors (Lipinski definition) is 5. The molecule has 5 nitrogen and oxygen atoms in total. The van der Waals surface area contributed by atoms with Crippen LogP contribution in [0.5, 0.6) is 0 Å². The Labute approximate surface area is 125 Å². The zero-order valence-electron chi connectivity index (χ0n) is 10.7. The number of rotatable bonds is 6. The summed E-state index contributed by atoms with van der Waals surface area (Å²) in [5, 5.41) is 13.5. The van der Waals surface area contributed by atoms with E-state index in [0.29, 0.717) is 18.1 Å². The van der Waals surface area contributed by atoms with Crippen LogP contribution in [0.4, 0.5) is 16.1 Å². The molecule has 8 heteroatoms. The first-order valence-corrected chi connectivity index (χ1v) is 6.80. The summed E-state index contributed by atoms with van der Waals surface area (Å²) in [5.41, 5.74) is 0.470. The van der Waals surface area contributed by atoms with Gasteiger partial charge in [-0.3, -0.25) is 0 Å². The fraction of sp³-hybridized carbons (Fsp3) is 0.333. The summed E-state index contributed by atoms with van der Waals surface area (Å²) >= 11 is 11.4. The molecule has 0 aliphatic carbocycles. The lowest BCUT2D eigenvalue weighted by atomic mass is 10.3. The van der Waals surface area contributed by atoms with Crippen molar-refractivity contribution in [2.75, 3.05) is 11.9 Å². The highest BCUT2D eigenvalue weighted by Gasteiger charge is 2.10. The molecule has 0 bridgehead atoms. The largest absolute Gasteiger partial charge is 0.406 e. The van der Waals surface area contributed by atoms with E-state index in [4.69, 9.17) is 27.6 Å². The highest BCUT2D eigenvalue weighted by Crippen LogP contribution is 2.28. The van der Waals surface area contributed by atoms with E-state index < -0.39 is 5.82 Å². The first kappa shape index (κ1) is 15.0. The van der Waals surface area contributed by atoms with Gasteiger partial charge in [0.1, 0.15) is 0 Å². The van der Waals surface area contributed by atoms with Crippen molar-refractivity contribution in [3.8, 4) is 0 Å². The number of nitrogens with zero attached hydrogens (tertiary/aromatic N) is 2. The Morgan fingerprint density at radius 2 is 1.95 bits per heavy atom. The lowest BCUT2D eigenvalue weighted by Crippen LogP contribution is -2.13. The normalized spacial score (nSPS) is 10.8. The molecular formula is C12H13Cl2FN4O. The predicted molar refractivity (Wildman–Crippen MR) is 76.0 cm³/mol. The third-order valence-corrected chi connectivity index (χ3v) is 2.95. The summed E-state index contributed by atoms with van der Waals surface area (Å²) in [5.74, 6) is -0.200. The van der Waals surface area contributed by atoms with Crippen LogP contribution >= 0.6 is 23.2 Å². The van der Waals surface area contributed by atoms with Crippen LogP contribution in [0.1, 0.15) is 19.2 Å². The smallest absolute Gasteiger partial charge is 0.320 e. The molecule has 1 aromatic carbocycles. The quantitative estimate of drug-likeness (QED) is 0.627. The van der Waals surface area contributed by atoms with Gasteiger partial charge in [-0.05, 0) is 25.1 Å². The molecule has 0 fully saturated rings. The molecule has 0 radical (unpaired) electrons. The maximum atomic E-state index is 13.3. The maximum absolute atomic E-state index is 13.3. The summed E-state index contributed by atoms with van der Waals surface area (Å²) in [6, 6.07) is 2.97. The van der Waals surface area contributed by atoms with E-state index in [9.17, 15) is 4.39 Å². The molecule has 20 heavy (non-hydrogen) atoms. The average Bonchev–Trinajstić information content (AvgIpc) is 2.84. The highest BCUT2D eigenvalue weighted by molar-refractivity contribution is 6.35. The van der Waals surface area contributed by atoms with Crippen LogP contribution in [-0.2, 0) is 6.54 Å². The minimum atomic E-state index is -0.658. The number of anilines is 2. The molecule has 0 amide bonds. The molecule has 0 aliphatic heterocycles. The first-order chi connectivity index (χ1) is 9.60. The Hall–Kier alpha value is -1.37. The Bertz CT molecular complexity index is 568. The van der Waals surface area contributed by atoms with E-state index in [-0.39, 0.29) is 16.1 Å². The minimum Gasteiger partial charge on any atom is -0.406 e. The van der Waals surface area contributed by atoms with Gasteiger partial charge < -0.3 is 15.1 Å². The van der Waals surface area contributed by atoms with Gasteiger partial charge in [-0.2, -0.15) is 0 Å². The third kappa shape index (κ3) is 3.82. The van der Waals surface area contributed by atoms with Gasteiger partial charge in [-0.25, -0.2) is 4.39 Å². The van der Waals surface area contributed by atoms with Crippen molar-refractivity contribution in [1.82, 2.24) is 15.5 Å². The molecule has 0 spiro atoms. The Morgan fingerprint density at radius 3 is 2.60 bits per heavy atom. The van der Waals surface area contributed by atoms with Crippen molar-refractivity contribution in [2.24, 2.45) is 0 Å². The van der Waals surface area contributed by atoms with Gasteiger partial charge in [-0.1, -0.05) is 35.2 Å². The summed E-state index contributed by atoms with van der Waals surface area (Å²) in [7, 11) is 0. The molecule has 2 rings (SSSR count). The fourth-order valence-corrected chi connectivity index (χ4v) is 1.99. The first-order valence-electron chi connectivity index (χ1n) is 6.04. The molecule has 2 N–H and O–H groups in total. The zero-order chi connectivity index (χ0) is 14.5. The molecular weight excluding hydrogens is 306 g/mol. The summed E-state index contributed by atoms with van der Waals surface area (Å²) in [4.78, 5) is 0. The van der Waals surface area contributed by atoms with E-state index in [2.05, 4.69) is 27.8 Å². The van der Waals surface area contributed by atoms with E-state index >= 15 is 0 Å². The van der Waals surface area contributed by atoms with Crippen LogP contribution in [0.25, 0.3) is 0 Å². The second-order valence-corrected chi connectivity index (χ2v) is 4.87. The molecule has 0 atom stereocenters. The molecule has 0 aliphatic rings. The standard InChI is InChI=1S/C12H13Cl2FN4O/c1-2-3-16-6-10-18-19-12(20-10)17-7-4-8(13)11(15)9(14)5-7/h4-5,16H,2-3,6H2,1H3,(H,17,19). The Balaban J connectivity index is 2.03. The third-order valence-electron chi connectivity index (χ3n) is 2.40. The van der Waals surface area contributed by atoms with Gasteiger partial charge in [0.2, 0.25) is 5.89 Å². The molecule has 2 aromatic rings. The number of nitrogens with one attached hydrogen (secondary N) is 2. The number of benzene rings is 1.